The van der Waals surface area contributed by atoms with Gasteiger partial charge in [-0.15, -0.1) is 11.3 Å². The predicted molar refractivity (Wildman–Crippen MR) is 93.2 cm³/mol. The lowest BCUT2D eigenvalue weighted by Gasteiger charge is -2.09. The molecule has 2 aromatic carbocycles. The van der Waals surface area contributed by atoms with E-state index in [1.807, 2.05) is 18.2 Å². The van der Waals surface area contributed by atoms with E-state index in [0.717, 1.165) is 18.4 Å². The first-order chi connectivity index (χ1) is 10.8. The first-order valence-electron chi connectivity index (χ1n) is 7.47. The molecular weight excluding hydrogens is 288 g/mol. The number of fused-ring (bicyclic) bond motifs is 2. The summed E-state index contributed by atoms with van der Waals surface area (Å²) < 4.78 is 0. The van der Waals surface area contributed by atoms with Crippen molar-refractivity contribution in [3.63, 3.8) is 0 Å². The van der Waals surface area contributed by atoms with Crippen LogP contribution >= 0.6 is 11.3 Å². The molecule has 1 aliphatic rings. The Morgan fingerprint density at radius 2 is 1.77 bits per heavy atom. The number of rotatable bonds is 1. The van der Waals surface area contributed by atoms with Gasteiger partial charge in [0.15, 0.2) is 0 Å². The number of hydrogen-bond acceptors (Lipinski definition) is 2. The first kappa shape index (κ1) is 13.4. The number of phenolic OH excluding ortho intramolecular Hbond substituents is 1. The molecule has 0 amide bonds. The van der Waals surface area contributed by atoms with Crippen LogP contribution < -0.4 is 0 Å². The van der Waals surface area contributed by atoms with Crippen molar-refractivity contribution in [1.82, 2.24) is 0 Å². The Balaban J connectivity index is 1.95. The van der Waals surface area contributed by atoms with Crippen LogP contribution in [0.25, 0.3) is 11.6 Å². The van der Waals surface area contributed by atoms with E-state index in [4.69, 9.17) is 0 Å². The van der Waals surface area contributed by atoms with E-state index in [1.165, 1.54) is 27.1 Å². The summed E-state index contributed by atoms with van der Waals surface area (Å²) in [4.78, 5) is 1.35. The molecule has 0 saturated heterocycles. The molecule has 1 aromatic heterocycles. The van der Waals surface area contributed by atoms with Gasteiger partial charge in [-0.05, 0) is 64.8 Å². The van der Waals surface area contributed by atoms with Gasteiger partial charge in [0, 0.05) is 10.5 Å². The van der Waals surface area contributed by atoms with Crippen molar-refractivity contribution in [3.8, 4) is 5.75 Å². The third-order valence-corrected chi connectivity index (χ3v) is 5.13. The van der Waals surface area contributed by atoms with Crippen LogP contribution in [0.3, 0.4) is 0 Å². The van der Waals surface area contributed by atoms with Gasteiger partial charge >= 0.3 is 0 Å². The zero-order chi connectivity index (χ0) is 14.9. The third kappa shape index (κ3) is 2.36. The fourth-order valence-corrected chi connectivity index (χ4v) is 4.07. The smallest absolute Gasteiger partial charge is 0.116 e. The van der Waals surface area contributed by atoms with E-state index < -0.39 is 0 Å². The predicted octanol–water partition coefficient (Wildman–Crippen LogP) is 5.14. The average molecular weight is 304 g/mol. The molecule has 0 spiro atoms. The topological polar surface area (TPSA) is 20.2 Å². The summed E-state index contributed by atoms with van der Waals surface area (Å²) in [5, 5.41) is 11.9. The second-order valence-electron chi connectivity index (χ2n) is 5.59. The molecule has 1 nitrogen and oxygen atoms in total. The maximum atomic E-state index is 9.72. The van der Waals surface area contributed by atoms with E-state index in [2.05, 4.69) is 41.8 Å². The standard InChI is InChI=1S/C20H16OS/c21-17-6-3-4-14(12-17)13-19-18-7-2-1-5-15(18)8-9-16-10-11-22-20(16)19/h1-7,10-13,21H,8-9H2/b19-13+. The number of hydrogen-bond donors (Lipinski definition) is 1. The van der Waals surface area contributed by atoms with Crippen LogP contribution in [0.1, 0.15) is 27.1 Å². The van der Waals surface area contributed by atoms with Crippen molar-refractivity contribution in [3.05, 3.63) is 87.1 Å². The Morgan fingerprint density at radius 1 is 0.909 bits per heavy atom. The lowest BCUT2D eigenvalue weighted by molar-refractivity contribution is 0.475. The van der Waals surface area contributed by atoms with Crippen LogP contribution in [0.4, 0.5) is 0 Å². The minimum atomic E-state index is 0.308. The van der Waals surface area contributed by atoms with Crippen molar-refractivity contribution >= 4 is 23.0 Å². The summed E-state index contributed by atoms with van der Waals surface area (Å²) in [7, 11) is 0. The molecule has 0 radical (unpaired) electrons. The van der Waals surface area contributed by atoms with Crippen molar-refractivity contribution in [2.45, 2.75) is 12.8 Å². The molecule has 3 aromatic rings. The van der Waals surface area contributed by atoms with Crippen molar-refractivity contribution in [1.29, 1.82) is 0 Å². The number of aryl methyl sites for hydroxylation is 2. The normalized spacial score (nSPS) is 15.2. The lowest BCUT2D eigenvalue weighted by atomic mass is 9.97. The highest BCUT2D eigenvalue weighted by Crippen LogP contribution is 2.38. The SMILES string of the molecule is Oc1cccc(/C=C2\c3ccccc3CCc3ccsc32)c1. The van der Waals surface area contributed by atoms with Gasteiger partial charge in [0.1, 0.15) is 5.75 Å². The summed E-state index contributed by atoms with van der Waals surface area (Å²) in [6.45, 7) is 0. The maximum absolute atomic E-state index is 9.72. The van der Waals surface area contributed by atoms with Crippen molar-refractivity contribution in [2.24, 2.45) is 0 Å². The van der Waals surface area contributed by atoms with Gasteiger partial charge < -0.3 is 5.11 Å². The third-order valence-electron chi connectivity index (χ3n) is 4.14. The van der Waals surface area contributed by atoms with Crippen LogP contribution in [0, 0.1) is 0 Å². The molecule has 108 valence electrons. The Hall–Kier alpha value is -2.32. The number of phenols is 1. The molecule has 2 heteroatoms. The molecule has 0 saturated carbocycles. The number of thiophene rings is 1. The second kappa shape index (κ2) is 5.47. The summed E-state index contributed by atoms with van der Waals surface area (Å²) >= 11 is 1.80. The molecule has 0 unspecified atom stereocenters. The summed E-state index contributed by atoms with van der Waals surface area (Å²) in [6, 6.07) is 18.3. The largest absolute Gasteiger partial charge is 0.508 e. The van der Waals surface area contributed by atoms with Crippen LogP contribution in [0.2, 0.25) is 0 Å². The van der Waals surface area contributed by atoms with E-state index in [-0.39, 0.29) is 0 Å². The Kier molecular flexibility index (Phi) is 3.32. The molecular formula is C20H16OS. The molecule has 0 fully saturated rings. The summed E-state index contributed by atoms with van der Waals surface area (Å²) in [6.07, 6.45) is 4.36. The van der Waals surface area contributed by atoms with E-state index >= 15 is 0 Å². The molecule has 4 rings (SSSR count). The molecule has 0 bridgehead atoms. The first-order valence-corrected chi connectivity index (χ1v) is 8.35. The molecule has 1 heterocycles. The van der Waals surface area contributed by atoms with Gasteiger partial charge in [-0.1, -0.05) is 36.4 Å². The second-order valence-corrected chi connectivity index (χ2v) is 6.50. The average Bonchev–Trinajstić information content (AvgIpc) is 2.94. The van der Waals surface area contributed by atoms with Gasteiger partial charge in [-0.25, -0.2) is 0 Å². The van der Waals surface area contributed by atoms with E-state index in [9.17, 15) is 5.11 Å². The summed E-state index contributed by atoms with van der Waals surface area (Å²) in [5.41, 5.74) is 6.44. The van der Waals surface area contributed by atoms with Crippen LogP contribution in [0.5, 0.6) is 5.75 Å². The monoisotopic (exact) mass is 304 g/mol. The molecule has 22 heavy (non-hydrogen) atoms. The number of benzene rings is 2. The fourth-order valence-electron chi connectivity index (χ4n) is 3.09. The van der Waals surface area contributed by atoms with Gasteiger partial charge in [0.2, 0.25) is 0 Å². The minimum Gasteiger partial charge on any atom is -0.508 e. The van der Waals surface area contributed by atoms with E-state index in [0.29, 0.717) is 5.75 Å². The Morgan fingerprint density at radius 3 is 2.68 bits per heavy atom. The minimum absolute atomic E-state index is 0.308. The quantitative estimate of drug-likeness (QED) is 0.660. The number of aromatic hydroxyl groups is 1. The highest BCUT2D eigenvalue weighted by atomic mass is 32.1. The zero-order valence-corrected chi connectivity index (χ0v) is 12.9. The van der Waals surface area contributed by atoms with Gasteiger partial charge in [0.05, 0.1) is 0 Å². The summed E-state index contributed by atoms with van der Waals surface area (Å²) in [5.74, 6) is 0.308. The molecule has 0 atom stereocenters. The highest BCUT2D eigenvalue weighted by molar-refractivity contribution is 7.11. The van der Waals surface area contributed by atoms with E-state index in [1.54, 1.807) is 17.4 Å². The van der Waals surface area contributed by atoms with Crippen LogP contribution in [-0.2, 0) is 12.8 Å². The molecule has 1 N–H and O–H groups in total. The van der Waals surface area contributed by atoms with Crippen LogP contribution in [0.15, 0.2) is 60.0 Å². The lowest BCUT2D eigenvalue weighted by Crippen LogP contribution is -1.91. The van der Waals surface area contributed by atoms with Gasteiger partial charge in [-0.2, -0.15) is 0 Å². The zero-order valence-electron chi connectivity index (χ0n) is 12.1. The van der Waals surface area contributed by atoms with Crippen molar-refractivity contribution in [2.75, 3.05) is 0 Å². The van der Waals surface area contributed by atoms with Gasteiger partial charge in [-0.3, -0.25) is 0 Å². The van der Waals surface area contributed by atoms with Gasteiger partial charge in [0.25, 0.3) is 0 Å². The fraction of sp³-hybridized carbons (Fsp3) is 0.100. The Labute approximate surface area is 134 Å². The van der Waals surface area contributed by atoms with Crippen molar-refractivity contribution < 1.29 is 5.11 Å². The molecule has 1 aliphatic carbocycles. The maximum Gasteiger partial charge on any atom is 0.116 e. The van der Waals surface area contributed by atoms with Crippen LogP contribution in [-0.4, -0.2) is 5.11 Å². The Bertz CT molecular complexity index is 857. The molecule has 0 aliphatic heterocycles. The highest BCUT2D eigenvalue weighted by Gasteiger charge is 2.18.